The minimum absolute atomic E-state index is 0.113. The van der Waals surface area contributed by atoms with E-state index < -0.39 is 10.4 Å². The lowest BCUT2D eigenvalue weighted by molar-refractivity contribution is -0.122. The standard InChI is InChI=1S/C7H14BrNO2/c1-5(10)4-9-6(11)7(2,3)8/h5,10H,4H2,1-3H3,(H,9,11)/t5-/m0/s1. The number of amides is 1. The van der Waals surface area contributed by atoms with Gasteiger partial charge in [0.25, 0.3) is 0 Å². The third-order valence-corrected chi connectivity index (χ3v) is 1.46. The van der Waals surface area contributed by atoms with Gasteiger partial charge in [0, 0.05) is 6.54 Å². The van der Waals surface area contributed by atoms with Crippen LogP contribution in [0.4, 0.5) is 0 Å². The van der Waals surface area contributed by atoms with Gasteiger partial charge in [-0.05, 0) is 20.8 Å². The first-order valence-corrected chi connectivity index (χ1v) is 4.28. The van der Waals surface area contributed by atoms with Gasteiger partial charge in [0.2, 0.25) is 5.91 Å². The Hall–Kier alpha value is -0.0900. The highest BCUT2D eigenvalue weighted by Gasteiger charge is 2.22. The Labute approximate surface area is 75.3 Å². The summed E-state index contributed by atoms with van der Waals surface area (Å²) >= 11 is 3.20. The number of hydrogen-bond donors (Lipinski definition) is 2. The maximum absolute atomic E-state index is 11.1. The zero-order valence-electron chi connectivity index (χ0n) is 7.02. The molecule has 0 radical (unpaired) electrons. The van der Waals surface area contributed by atoms with Crippen LogP contribution >= 0.6 is 15.9 Å². The van der Waals surface area contributed by atoms with E-state index in [2.05, 4.69) is 21.2 Å². The number of aliphatic hydroxyl groups is 1. The molecule has 3 nitrogen and oxygen atoms in total. The molecule has 0 aromatic heterocycles. The molecule has 11 heavy (non-hydrogen) atoms. The maximum atomic E-state index is 11.1. The van der Waals surface area contributed by atoms with Crippen molar-refractivity contribution in [3.63, 3.8) is 0 Å². The van der Waals surface area contributed by atoms with Gasteiger partial charge in [-0.15, -0.1) is 0 Å². The molecule has 0 fully saturated rings. The van der Waals surface area contributed by atoms with E-state index >= 15 is 0 Å². The molecule has 0 bridgehead atoms. The fourth-order valence-electron chi connectivity index (χ4n) is 0.451. The fraction of sp³-hybridized carbons (Fsp3) is 0.857. The summed E-state index contributed by atoms with van der Waals surface area (Å²) in [6.07, 6.45) is -0.492. The molecule has 0 saturated carbocycles. The lowest BCUT2D eigenvalue weighted by Gasteiger charge is -2.16. The molecule has 0 unspecified atom stereocenters. The lowest BCUT2D eigenvalue weighted by Crippen LogP contribution is -2.40. The van der Waals surface area contributed by atoms with E-state index in [0.717, 1.165) is 0 Å². The van der Waals surface area contributed by atoms with E-state index in [0.29, 0.717) is 6.54 Å². The number of nitrogens with one attached hydrogen (secondary N) is 1. The van der Waals surface area contributed by atoms with Gasteiger partial charge in [0.05, 0.1) is 10.4 Å². The van der Waals surface area contributed by atoms with Gasteiger partial charge in [-0.3, -0.25) is 4.79 Å². The Bertz CT molecular complexity index is 140. The van der Waals surface area contributed by atoms with Gasteiger partial charge in [0.15, 0.2) is 0 Å². The number of carbonyl (C=O) groups excluding carboxylic acids is 1. The Morgan fingerprint density at radius 2 is 2.18 bits per heavy atom. The zero-order valence-corrected chi connectivity index (χ0v) is 8.60. The van der Waals surface area contributed by atoms with Crippen molar-refractivity contribution in [3.8, 4) is 0 Å². The summed E-state index contributed by atoms with van der Waals surface area (Å²) in [7, 11) is 0. The fourth-order valence-corrected chi connectivity index (χ4v) is 0.591. The van der Waals surface area contributed by atoms with Gasteiger partial charge < -0.3 is 10.4 Å². The van der Waals surface area contributed by atoms with E-state index in [1.807, 2.05) is 0 Å². The van der Waals surface area contributed by atoms with Crippen molar-refractivity contribution in [2.75, 3.05) is 6.54 Å². The first kappa shape index (κ1) is 10.9. The van der Waals surface area contributed by atoms with Crippen molar-refractivity contribution >= 4 is 21.8 Å². The van der Waals surface area contributed by atoms with Crippen LogP contribution in [0.1, 0.15) is 20.8 Å². The predicted molar refractivity (Wildman–Crippen MR) is 47.7 cm³/mol. The van der Waals surface area contributed by atoms with E-state index in [9.17, 15) is 4.79 Å². The minimum Gasteiger partial charge on any atom is -0.392 e. The van der Waals surface area contributed by atoms with Gasteiger partial charge in [-0.1, -0.05) is 15.9 Å². The van der Waals surface area contributed by atoms with Crippen molar-refractivity contribution < 1.29 is 9.90 Å². The van der Waals surface area contributed by atoms with Gasteiger partial charge in [-0.25, -0.2) is 0 Å². The first-order valence-electron chi connectivity index (χ1n) is 3.49. The second-order valence-electron chi connectivity index (χ2n) is 3.03. The van der Waals surface area contributed by atoms with Crippen molar-refractivity contribution in [3.05, 3.63) is 0 Å². The number of halogens is 1. The number of alkyl halides is 1. The highest BCUT2D eigenvalue weighted by atomic mass is 79.9. The molecule has 0 spiro atoms. The van der Waals surface area contributed by atoms with E-state index in [4.69, 9.17) is 5.11 Å². The number of hydrogen-bond acceptors (Lipinski definition) is 2. The smallest absolute Gasteiger partial charge is 0.236 e. The van der Waals surface area contributed by atoms with E-state index in [-0.39, 0.29) is 5.91 Å². The maximum Gasteiger partial charge on any atom is 0.236 e. The highest BCUT2D eigenvalue weighted by molar-refractivity contribution is 9.10. The molecule has 0 saturated heterocycles. The molecule has 0 aliphatic rings. The Morgan fingerprint density at radius 3 is 2.45 bits per heavy atom. The van der Waals surface area contributed by atoms with Crippen LogP contribution in [0.2, 0.25) is 0 Å². The number of rotatable bonds is 3. The summed E-state index contributed by atoms with van der Waals surface area (Å²) in [5, 5.41) is 11.4. The molecular weight excluding hydrogens is 210 g/mol. The molecule has 2 N–H and O–H groups in total. The van der Waals surface area contributed by atoms with Crippen LogP contribution < -0.4 is 5.32 Å². The van der Waals surface area contributed by atoms with Crippen LogP contribution in [0.5, 0.6) is 0 Å². The van der Waals surface area contributed by atoms with Gasteiger partial charge in [-0.2, -0.15) is 0 Å². The number of aliphatic hydroxyl groups excluding tert-OH is 1. The van der Waals surface area contributed by atoms with Crippen molar-refractivity contribution in [1.29, 1.82) is 0 Å². The topological polar surface area (TPSA) is 49.3 Å². The van der Waals surface area contributed by atoms with E-state index in [1.54, 1.807) is 20.8 Å². The molecule has 0 rings (SSSR count). The summed E-state index contributed by atoms with van der Waals surface area (Å²) in [5.41, 5.74) is 0. The average molecular weight is 224 g/mol. The third kappa shape index (κ3) is 5.21. The molecule has 0 aromatic rings. The zero-order chi connectivity index (χ0) is 9.07. The van der Waals surface area contributed by atoms with E-state index in [1.165, 1.54) is 0 Å². The second kappa shape index (κ2) is 4.07. The molecule has 0 aliphatic heterocycles. The molecule has 1 atom stereocenters. The van der Waals surface area contributed by atoms with Crippen LogP contribution in [0.15, 0.2) is 0 Å². The summed E-state index contributed by atoms with van der Waals surface area (Å²) in [4.78, 5) is 11.1. The summed E-state index contributed by atoms with van der Waals surface area (Å²) in [6.45, 7) is 5.43. The number of carbonyl (C=O) groups is 1. The minimum atomic E-state index is -0.554. The average Bonchev–Trinajstić information content (AvgIpc) is 1.80. The SMILES string of the molecule is C[C@H](O)CNC(=O)C(C)(C)Br. The Kier molecular flexibility index (Phi) is 4.03. The molecule has 1 amide bonds. The van der Waals surface area contributed by atoms with Crippen LogP contribution in [0.3, 0.4) is 0 Å². The van der Waals surface area contributed by atoms with Gasteiger partial charge >= 0.3 is 0 Å². The van der Waals surface area contributed by atoms with Crippen molar-refractivity contribution in [2.24, 2.45) is 0 Å². The highest BCUT2D eigenvalue weighted by Crippen LogP contribution is 2.14. The van der Waals surface area contributed by atoms with Crippen LogP contribution in [-0.2, 0) is 4.79 Å². The quantitative estimate of drug-likeness (QED) is 0.692. The molecule has 0 aliphatic carbocycles. The summed E-state index contributed by atoms with van der Waals surface area (Å²) in [5.74, 6) is -0.113. The summed E-state index contributed by atoms with van der Waals surface area (Å²) < 4.78 is -0.554. The monoisotopic (exact) mass is 223 g/mol. The Morgan fingerprint density at radius 1 is 1.73 bits per heavy atom. The summed E-state index contributed by atoms with van der Waals surface area (Å²) in [6, 6.07) is 0. The normalized spacial score (nSPS) is 14.3. The second-order valence-corrected chi connectivity index (χ2v) is 5.01. The third-order valence-electron chi connectivity index (χ3n) is 1.10. The van der Waals surface area contributed by atoms with Gasteiger partial charge in [0.1, 0.15) is 0 Å². The molecule has 0 heterocycles. The Balaban J connectivity index is 3.71. The molecule has 0 aromatic carbocycles. The van der Waals surface area contributed by atoms with Crippen LogP contribution in [0.25, 0.3) is 0 Å². The lowest BCUT2D eigenvalue weighted by atomic mass is 10.2. The van der Waals surface area contributed by atoms with Crippen LogP contribution in [0, 0.1) is 0 Å². The molecular formula is C7H14BrNO2. The first-order chi connectivity index (χ1) is 4.84. The van der Waals surface area contributed by atoms with Crippen molar-refractivity contribution in [2.45, 2.75) is 31.2 Å². The van der Waals surface area contributed by atoms with Crippen LogP contribution in [-0.4, -0.2) is 28.0 Å². The van der Waals surface area contributed by atoms with Crippen molar-refractivity contribution in [1.82, 2.24) is 5.32 Å². The molecule has 66 valence electrons. The molecule has 4 heteroatoms. The largest absolute Gasteiger partial charge is 0.392 e. The predicted octanol–water partition coefficient (Wildman–Crippen LogP) is 0.657.